The lowest BCUT2D eigenvalue weighted by Gasteiger charge is -2.45. The summed E-state index contributed by atoms with van der Waals surface area (Å²) in [5, 5.41) is 3.24. The highest BCUT2D eigenvalue weighted by atomic mass is 16.5. The molecule has 0 aromatic rings. The fourth-order valence-corrected chi connectivity index (χ4v) is 2.56. The van der Waals surface area contributed by atoms with Crippen molar-refractivity contribution in [2.45, 2.75) is 50.3 Å². The van der Waals surface area contributed by atoms with E-state index in [0.717, 1.165) is 13.0 Å². The van der Waals surface area contributed by atoms with Gasteiger partial charge in [-0.2, -0.15) is 0 Å². The fraction of sp³-hybridized carbons (Fsp3) is 0.909. The van der Waals surface area contributed by atoms with Crippen LogP contribution in [0.3, 0.4) is 0 Å². The number of nitrogens with zero attached hydrogens (tertiary/aromatic N) is 1. The molecule has 3 N–H and O–H groups in total. The van der Waals surface area contributed by atoms with E-state index >= 15 is 0 Å². The Labute approximate surface area is 90.3 Å². The van der Waals surface area contributed by atoms with E-state index in [1.54, 1.807) is 0 Å². The Hall–Kier alpha value is -0.770. The minimum Gasteiger partial charge on any atom is -0.378 e. The van der Waals surface area contributed by atoms with Crippen LogP contribution < -0.4 is 11.1 Å². The van der Waals surface area contributed by atoms with Crippen molar-refractivity contribution in [2.24, 2.45) is 16.6 Å². The smallest absolute Gasteiger partial charge is 0.189 e. The number of nitrogens with two attached hydrogens (primary N) is 1. The second kappa shape index (κ2) is 3.67. The first kappa shape index (κ1) is 9.46. The van der Waals surface area contributed by atoms with Crippen molar-refractivity contribution < 1.29 is 4.74 Å². The Morgan fingerprint density at radius 1 is 1.33 bits per heavy atom. The Balaban J connectivity index is 1.54. The summed E-state index contributed by atoms with van der Waals surface area (Å²) in [7, 11) is 0. The van der Waals surface area contributed by atoms with Crippen molar-refractivity contribution in [3.63, 3.8) is 0 Å². The molecule has 0 amide bonds. The highest BCUT2D eigenvalue weighted by Crippen LogP contribution is 2.39. The normalized spacial score (nSPS) is 40.5. The third-order valence-corrected chi connectivity index (χ3v) is 3.69. The van der Waals surface area contributed by atoms with Crippen molar-refractivity contribution in [2.75, 3.05) is 6.61 Å². The molecule has 4 heteroatoms. The summed E-state index contributed by atoms with van der Waals surface area (Å²) in [5.41, 5.74) is 5.84. The highest BCUT2D eigenvalue weighted by Gasteiger charge is 2.43. The first-order valence-electron chi connectivity index (χ1n) is 6.04. The largest absolute Gasteiger partial charge is 0.378 e. The van der Waals surface area contributed by atoms with Crippen molar-refractivity contribution in [1.29, 1.82) is 0 Å². The minimum absolute atomic E-state index is 0.418. The number of hydrogen-bond acceptors (Lipinski definition) is 2. The second-order valence-electron chi connectivity index (χ2n) is 4.95. The molecule has 0 spiro atoms. The minimum atomic E-state index is 0.418. The molecule has 0 radical (unpaired) electrons. The predicted molar refractivity (Wildman–Crippen MR) is 58.6 cm³/mol. The van der Waals surface area contributed by atoms with Gasteiger partial charge in [0.05, 0.1) is 12.1 Å². The zero-order valence-electron chi connectivity index (χ0n) is 8.98. The van der Waals surface area contributed by atoms with Gasteiger partial charge in [-0.25, -0.2) is 4.99 Å². The molecule has 2 aliphatic carbocycles. The molecule has 3 rings (SSSR count). The average molecular weight is 209 g/mol. The first-order chi connectivity index (χ1) is 7.33. The summed E-state index contributed by atoms with van der Waals surface area (Å²) < 4.78 is 5.65. The van der Waals surface area contributed by atoms with Crippen molar-refractivity contribution in [1.82, 2.24) is 5.32 Å². The van der Waals surface area contributed by atoms with Crippen LogP contribution in [-0.2, 0) is 4.74 Å². The maximum Gasteiger partial charge on any atom is 0.189 e. The Kier molecular flexibility index (Phi) is 2.31. The van der Waals surface area contributed by atoms with Gasteiger partial charge in [0.2, 0.25) is 0 Å². The van der Waals surface area contributed by atoms with E-state index in [0.29, 0.717) is 30.1 Å². The Bertz CT molecular complexity index is 275. The van der Waals surface area contributed by atoms with E-state index in [1.165, 1.54) is 25.7 Å². The number of hydrogen-bond donors (Lipinski definition) is 2. The van der Waals surface area contributed by atoms with Crippen LogP contribution in [0.1, 0.15) is 32.1 Å². The van der Waals surface area contributed by atoms with Crippen LogP contribution in [0, 0.1) is 5.92 Å². The quantitative estimate of drug-likeness (QED) is 0.518. The molecule has 3 aliphatic rings. The molecule has 0 bridgehead atoms. The maximum atomic E-state index is 5.84. The van der Waals surface area contributed by atoms with Gasteiger partial charge in [-0.1, -0.05) is 0 Å². The monoisotopic (exact) mass is 209 g/mol. The molecule has 1 aliphatic heterocycles. The van der Waals surface area contributed by atoms with Crippen LogP contribution in [0.15, 0.2) is 4.99 Å². The van der Waals surface area contributed by atoms with Gasteiger partial charge in [0.25, 0.3) is 0 Å². The van der Waals surface area contributed by atoms with Crippen LogP contribution in [0.25, 0.3) is 0 Å². The summed E-state index contributed by atoms with van der Waals surface area (Å²) in [6.45, 7) is 0.938. The van der Waals surface area contributed by atoms with Crippen LogP contribution in [0.2, 0.25) is 0 Å². The molecule has 3 fully saturated rings. The number of guanidine groups is 1. The van der Waals surface area contributed by atoms with Crippen LogP contribution in [0.4, 0.5) is 0 Å². The third kappa shape index (κ3) is 1.95. The molecular formula is C11H19N3O. The highest BCUT2D eigenvalue weighted by molar-refractivity contribution is 5.78. The standard InChI is InChI=1S/C11H19N3O/c12-11(13-7-3-4-7)14-9-6-10-8(9)2-1-5-15-10/h7-10H,1-6H2,(H3,12,13,14). The first-order valence-corrected chi connectivity index (χ1v) is 6.04. The molecular weight excluding hydrogens is 190 g/mol. The zero-order chi connectivity index (χ0) is 10.3. The molecule has 0 aromatic heterocycles. The van der Waals surface area contributed by atoms with Crippen LogP contribution in [0.5, 0.6) is 0 Å². The summed E-state index contributed by atoms with van der Waals surface area (Å²) in [6, 6.07) is 1.02. The van der Waals surface area contributed by atoms with Gasteiger partial charge in [0.1, 0.15) is 0 Å². The lowest BCUT2D eigenvalue weighted by molar-refractivity contribution is -0.0938. The topological polar surface area (TPSA) is 59.6 Å². The van der Waals surface area contributed by atoms with E-state index in [9.17, 15) is 0 Å². The van der Waals surface area contributed by atoms with E-state index in [4.69, 9.17) is 10.5 Å². The predicted octanol–water partition coefficient (Wildman–Crippen LogP) is 0.621. The summed E-state index contributed by atoms with van der Waals surface area (Å²) >= 11 is 0. The number of aliphatic imine (C=N–C) groups is 1. The van der Waals surface area contributed by atoms with Gasteiger partial charge in [-0.15, -0.1) is 0 Å². The number of nitrogens with one attached hydrogen (secondary N) is 1. The molecule has 15 heavy (non-hydrogen) atoms. The van der Waals surface area contributed by atoms with Crippen molar-refractivity contribution >= 4 is 5.96 Å². The number of rotatable bonds is 2. The Morgan fingerprint density at radius 2 is 2.20 bits per heavy atom. The lowest BCUT2D eigenvalue weighted by atomic mass is 9.73. The van der Waals surface area contributed by atoms with Crippen LogP contribution in [-0.4, -0.2) is 30.8 Å². The molecule has 84 valence electrons. The summed E-state index contributed by atoms with van der Waals surface area (Å²) in [4.78, 5) is 4.55. The number of ether oxygens (including phenoxy) is 1. The molecule has 2 saturated carbocycles. The zero-order valence-corrected chi connectivity index (χ0v) is 8.98. The summed E-state index contributed by atoms with van der Waals surface area (Å²) in [6.07, 6.45) is 6.48. The fourth-order valence-electron chi connectivity index (χ4n) is 2.56. The molecule has 1 heterocycles. The van der Waals surface area contributed by atoms with Gasteiger partial charge in [0.15, 0.2) is 5.96 Å². The SMILES string of the molecule is NC(=NC1CC2OCCCC12)NC1CC1. The molecule has 3 unspecified atom stereocenters. The maximum absolute atomic E-state index is 5.84. The second-order valence-corrected chi connectivity index (χ2v) is 4.95. The van der Waals surface area contributed by atoms with E-state index < -0.39 is 0 Å². The van der Waals surface area contributed by atoms with Crippen molar-refractivity contribution in [3.8, 4) is 0 Å². The van der Waals surface area contributed by atoms with E-state index in [-0.39, 0.29) is 0 Å². The lowest BCUT2D eigenvalue weighted by Crippen LogP contribution is -2.50. The average Bonchev–Trinajstić information content (AvgIpc) is 2.98. The van der Waals surface area contributed by atoms with Crippen molar-refractivity contribution in [3.05, 3.63) is 0 Å². The van der Waals surface area contributed by atoms with Gasteiger partial charge in [-0.05, 0) is 32.1 Å². The third-order valence-electron chi connectivity index (χ3n) is 3.69. The molecule has 3 atom stereocenters. The van der Waals surface area contributed by atoms with Crippen LogP contribution >= 0.6 is 0 Å². The van der Waals surface area contributed by atoms with E-state index in [1.807, 2.05) is 0 Å². The van der Waals surface area contributed by atoms with Gasteiger partial charge in [0, 0.05) is 18.6 Å². The summed E-state index contributed by atoms with van der Waals surface area (Å²) in [5.74, 6) is 1.28. The van der Waals surface area contributed by atoms with Gasteiger partial charge in [-0.3, -0.25) is 0 Å². The molecule has 4 nitrogen and oxygen atoms in total. The van der Waals surface area contributed by atoms with Gasteiger partial charge >= 0.3 is 0 Å². The van der Waals surface area contributed by atoms with E-state index in [2.05, 4.69) is 10.3 Å². The number of fused-ring (bicyclic) bond motifs is 1. The molecule has 1 saturated heterocycles. The van der Waals surface area contributed by atoms with Gasteiger partial charge < -0.3 is 15.8 Å². The molecule has 0 aromatic carbocycles. The Morgan fingerprint density at radius 3 is 2.93 bits per heavy atom.